The van der Waals surface area contributed by atoms with E-state index in [4.69, 9.17) is 17.0 Å². The number of ether oxygens (including phenoxy) is 1. The van der Waals surface area contributed by atoms with E-state index in [1.54, 1.807) is 48.5 Å². The Morgan fingerprint density at radius 1 is 1.10 bits per heavy atom. The second kappa shape index (κ2) is 10.2. The van der Waals surface area contributed by atoms with E-state index >= 15 is 0 Å². The molecule has 2 aromatic carbocycles. The van der Waals surface area contributed by atoms with Gasteiger partial charge in [-0.15, -0.1) is 0 Å². The summed E-state index contributed by atoms with van der Waals surface area (Å²) < 4.78 is 5.42. The first kappa shape index (κ1) is 21.8. The number of likely N-dealkylation sites (tertiary alicyclic amines) is 1. The molecule has 0 aromatic heterocycles. The Labute approximate surface area is 182 Å². The van der Waals surface area contributed by atoms with Crippen molar-refractivity contribution >= 4 is 34.8 Å². The predicted octanol–water partition coefficient (Wildman–Crippen LogP) is 4.08. The van der Waals surface area contributed by atoms with Crippen molar-refractivity contribution in [2.75, 3.05) is 25.0 Å². The van der Waals surface area contributed by atoms with E-state index in [1.807, 2.05) is 11.8 Å². The Hall–Kier alpha value is -2.93. The maximum atomic E-state index is 12.6. The zero-order valence-electron chi connectivity index (χ0n) is 17.3. The number of hydrogen-bond acceptors (Lipinski definition) is 4. The summed E-state index contributed by atoms with van der Waals surface area (Å²) in [6.45, 7) is 6.25. The van der Waals surface area contributed by atoms with Crippen LogP contribution < -0.4 is 15.4 Å². The molecule has 0 radical (unpaired) electrons. The molecule has 0 atom stereocenters. The minimum absolute atomic E-state index is 0.0542. The zero-order chi connectivity index (χ0) is 21.5. The molecule has 0 unspecified atom stereocenters. The van der Waals surface area contributed by atoms with Gasteiger partial charge in [0, 0.05) is 29.9 Å². The number of nitrogens with one attached hydrogen (secondary N) is 2. The summed E-state index contributed by atoms with van der Waals surface area (Å²) in [4.78, 5) is 26.9. The summed E-state index contributed by atoms with van der Waals surface area (Å²) in [7, 11) is 0. The summed E-state index contributed by atoms with van der Waals surface area (Å²) in [6, 6.07) is 14.0. The Kier molecular flexibility index (Phi) is 7.41. The number of anilines is 1. The number of nitrogens with zero attached hydrogens (tertiary/aromatic N) is 1. The largest absolute Gasteiger partial charge is 0.494 e. The lowest BCUT2D eigenvalue weighted by molar-refractivity contribution is 0.0697. The molecule has 3 rings (SSSR count). The van der Waals surface area contributed by atoms with Crippen LogP contribution >= 0.6 is 12.2 Å². The molecular formula is C23H27N3O3S. The number of carbonyl (C=O) groups is 2. The van der Waals surface area contributed by atoms with Crippen LogP contribution in [0, 0.1) is 5.92 Å². The third kappa shape index (κ3) is 5.79. The van der Waals surface area contributed by atoms with Gasteiger partial charge in [-0.25, -0.2) is 0 Å². The molecule has 1 heterocycles. The van der Waals surface area contributed by atoms with Crippen LogP contribution in [0.5, 0.6) is 5.75 Å². The van der Waals surface area contributed by atoms with Crippen LogP contribution in [0.15, 0.2) is 48.5 Å². The molecule has 2 aromatic rings. The highest BCUT2D eigenvalue weighted by molar-refractivity contribution is 7.80. The summed E-state index contributed by atoms with van der Waals surface area (Å²) in [5.74, 6) is 1.05. The van der Waals surface area contributed by atoms with Gasteiger partial charge in [0.2, 0.25) is 0 Å². The molecular weight excluding hydrogens is 398 g/mol. The zero-order valence-corrected chi connectivity index (χ0v) is 18.1. The molecule has 0 spiro atoms. The molecule has 2 N–H and O–H groups in total. The van der Waals surface area contributed by atoms with E-state index in [-0.39, 0.29) is 16.9 Å². The van der Waals surface area contributed by atoms with Gasteiger partial charge in [-0.05, 0) is 80.4 Å². The maximum absolute atomic E-state index is 12.6. The smallest absolute Gasteiger partial charge is 0.257 e. The Balaban J connectivity index is 1.54. The minimum Gasteiger partial charge on any atom is -0.494 e. The van der Waals surface area contributed by atoms with Crippen LogP contribution in [0.3, 0.4) is 0 Å². The Morgan fingerprint density at radius 2 is 1.80 bits per heavy atom. The van der Waals surface area contributed by atoms with Crippen molar-refractivity contribution in [1.29, 1.82) is 0 Å². The number of hydrogen-bond donors (Lipinski definition) is 2. The van der Waals surface area contributed by atoms with Crippen molar-refractivity contribution in [3.63, 3.8) is 0 Å². The van der Waals surface area contributed by atoms with Gasteiger partial charge >= 0.3 is 0 Å². The number of thiocarbonyl (C=S) groups is 1. The van der Waals surface area contributed by atoms with Crippen molar-refractivity contribution in [1.82, 2.24) is 10.2 Å². The molecule has 0 bridgehead atoms. The van der Waals surface area contributed by atoms with Crippen molar-refractivity contribution in [2.45, 2.75) is 26.7 Å². The number of carbonyl (C=O) groups excluding carboxylic acids is 2. The fraction of sp³-hybridized carbons (Fsp3) is 0.348. The number of amides is 2. The number of piperidine rings is 1. The van der Waals surface area contributed by atoms with Crippen molar-refractivity contribution in [2.24, 2.45) is 5.92 Å². The van der Waals surface area contributed by atoms with Gasteiger partial charge in [-0.3, -0.25) is 14.9 Å². The fourth-order valence-corrected chi connectivity index (χ4v) is 3.53. The monoisotopic (exact) mass is 425 g/mol. The molecule has 6 nitrogen and oxygen atoms in total. The fourth-order valence-electron chi connectivity index (χ4n) is 3.32. The summed E-state index contributed by atoms with van der Waals surface area (Å²) in [5.41, 5.74) is 1.81. The van der Waals surface area contributed by atoms with E-state index in [1.165, 1.54) is 0 Å². The van der Waals surface area contributed by atoms with Crippen molar-refractivity contribution in [3.05, 3.63) is 59.7 Å². The first-order valence-electron chi connectivity index (χ1n) is 10.2. The van der Waals surface area contributed by atoms with Gasteiger partial charge in [-0.2, -0.15) is 0 Å². The number of rotatable bonds is 5. The van der Waals surface area contributed by atoms with Gasteiger partial charge in [0.1, 0.15) is 5.75 Å². The lowest BCUT2D eigenvalue weighted by atomic mass is 9.98. The molecule has 1 saturated heterocycles. The molecule has 1 fully saturated rings. The molecule has 1 aliphatic rings. The van der Waals surface area contributed by atoms with Crippen LogP contribution in [0.25, 0.3) is 0 Å². The summed E-state index contributed by atoms with van der Waals surface area (Å²) in [6.07, 6.45) is 2.10. The second-order valence-corrected chi connectivity index (χ2v) is 7.83. The highest BCUT2D eigenvalue weighted by Crippen LogP contribution is 2.19. The van der Waals surface area contributed by atoms with Gasteiger partial charge in [0.15, 0.2) is 5.11 Å². The standard InChI is InChI=1S/C23H27N3O3S/c1-3-29-20-6-4-5-18(15-20)21(27)25-23(30)24-19-9-7-17(8-10-19)22(28)26-13-11-16(2)12-14-26/h4-10,15-16H,3,11-14H2,1-2H3,(H2,24,25,27,30). The number of benzene rings is 2. The molecule has 0 saturated carbocycles. The Bertz CT molecular complexity index is 906. The summed E-state index contributed by atoms with van der Waals surface area (Å²) >= 11 is 5.24. The van der Waals surface area contributed by atoms with E-state index in [0.717, 1.165) is 25.9 Å². The first-order chi connectivity index (χ1) is 14.5. The predicted molar refractivity (Wildman–Crippen MR) is 122 cm³/mol. The van der Waals surface area contributed by atoms with Crippen LogP contribution in [-0.2, 0) is 0 Å². The first-order valence-corrected chi connectivity index (χ1v) is 10.6. The summed E-state index contributed by atoms with van der Waals surface area (Å²) in [5, 5.41) is 5.82. The topological polar surface area (TPSA) is 70.7 Å². The second-order valence-electron chi connectivity index (χ2n) is 7.42. The molecule has 0 aliphatic carbocycles. The van der Waals surface area contributed by atoms with Crippen molar-refractivity contribution in [3.8, 4) is 5.75 Å². The van der Waals surface area contributed by atoms with Crippen LogP contribution in [-0.4, -0.2) is 41.5 Å². The maximum Gasteiger partial charge on any atom is 0.257 e. The lowest BCUT2D eigenvalue weighted by Crippen LogP contribution is -2.37. The molecule has 1 aliphatic heterocycles. The van der Waals surface area contributed by atoms with Crippen LogP contribution in [0.1, 0.15) is 47.4 Å². The third-order valence-corrected chi connectivity index (χ3v) is 5.30. The highest BCUT2D eigenvalue weighted by atomic mass is 32.1. The van der Waals surface area contributed by atoms with E-state index in [0.29, 0.717) is 35.1 Å². The quantitative estimate of drug-likeness (QED) is 0.707. The molecule has 30 heavy (non-hydrogen) atoms. The van der Waals surface area contributed by atoms with Crippen LogP contribution in [0.2, 0.25) is 0 Å². The van der Waals surface area contributed by atoms with Gasteiger partial charge in [-0.1, -0.05) is 13.0 Å². The Morgan fingerprint density at radius 3 is 2.47 bits per heavy atom. The minimum atomic E-state index is -0.319. The average Bonchev–Trinajstić information content (AvgIpc) is 2.75. The third-order valence-electron chi connectivity index (χ3n) is 5.09. The van der Waals surface area contributed by atoms with E-state index < -0.39 is 0 Å². The molecule has 2 amide bonds. The average molecular weight is 426 g/mol. The van der Waals surface area contributed by atoms with Gasteiger partial charge in [0.25, 0.3) is 11.8 Å². The SMILES string of the molecule is CCOc1cccc(C(=O)NC(=S)Nc2ccc(C(=O)N3CCC(C)CC3)cc2)c1. The van der Waals surface area contributed by atoms with E-state index in [2.05, 4.69) is 17.6 Å². The molecule has 158 valence electrons. The molecule has 7 heteroatoms. The van der Waals surface area contributed by atoms with E-state index in [9.17, 15) is 9.59 Å². The van der Waals surface area contributed by atoms with Gasteiger partial charge < -0.3 is 15.0 Å². The highest BCUT2D eigenvalue weighted by Gasteiger charge is 2.21. The lowest BCUT2D eigenvalue weighted by Gasteiger charge is -2.30. The van der Waals surface area contributed by atoms with Gasteiger partial charge in [0.05, 0.1) is 6.61 Å². The normalized spacial score (nSPS) is 14.1. The van der Waals surface area contributed by atoms with Crippen LogP contribution in [0.4, 0.5) is 5.69 Å². The van der Waals surface area contributed by atoms with Crippen molar-refractivity contribution < 1.29 is 14.3 Å².